The van der Waals surface area contributed by atoms with Crippen molar-refractivity contribution in [2.24, 2.45) is 5.92 Å². The van der Waals surface area contributed by atoms with Crippen LogP contribution in [0.1, 0.15) is 13.3 Å². The van der Waals surface area contributed by atoms with E-state index in [0.29, 0.717) is 18.0 Å². The van der Waals surface area contributed by atoms with Gasteiger partial charge in [0.05, 0.1) is 22.8 Å². The van der Waals surface area contributed by atoms with Gasteiger partial charge in [0.25, 0.3) is 0 Å². The van der Waals surface area contributed by atoms with Crippen LogP contribution < -0.4 is 0 Å². The molecule has 1 aliphatic heterocycles. The van der Waals surface area contributed by atoms with E-state index in [0.717, 1.165) is 28.5 Å². The fourth-order valence-corrected chi connectivity index (χ4v) is 6.11. The Hall–Kier alpha value is -2.97. The van der Waals surface area contributed by atoms with Gasteiger partial charge in [0.2, 0.25) is 10.0 Å². The van der Waals surface area contributed by atoms with Crippen LogP contribution >= 0.6 is 0 Å². The first-order valence-electron chi connectivity index (χ1n) is 10.0. The van der Waals surface area contributed by atoms with Gasteiger partial charge >= 0.3 is 0 Å². The van der Waals surface area contributed by atoms with Gasteiger partial charge in [-0.25, -0.2) is 8.42 Å². The zero-order valence-electron chi connectivity index (χ0n) is 16.6. The van der Waals surface area contributed by atoms with Gasteiger partial charge in [-0.1, -0.05) is 24.3 Å². The van der Waals surface area contributed by atoms with Gasteiger partial charge in [-0.05, 0) is 49.1 Å². The zero-order valence-corrected chi connectivity index (χ0v) is 17.5. The van der Waals surface area contributed by atoms with Crippen molar-refractivity contribution in [3.8, 4) is 11.1 Å². The van der Waals surface area contributed by atoms with Crippen LogP contribution in [0.4, 0.5) is 0 Å². The molecule has 0 radical (unpaired) electrons. The molecule has 1 fully saturated rings. The topological polar surface area (TPSA) is 83.9 Å². The summed E-state index contributed by atoms with van der Waals surface area (Å²) in [5, 5.41) is 12.5. The minimum absolute atomic E-state index is 0.0327. The van der Waals surface area contributed by atoms with Crippen LogP contribution in [0.2, 0.25) is 0 Å². The third-order valence-electron chi connectivity index (χ3n) is 5.86. The minimum atomic E-state index is -3.48. The van der Waals surface area contributed by atoms with Gasteiger partial charge < -0.3 is 0 Å². The Labute approximate surface area is 175 Å². The second-order valence-corrected chi connectivity index (χ2v) is 9.82. The molecule has 1 N–H and O–H groups in total. The maximum atomic E-state index is 13.1. The van der Waals surface area contributed by atoms with Crippen LogP contribution in [0.25, 0.3) is 22.0 Å². The van der Waals surface area contributed by atoms with Gasteiger partial charge in [0.15, 0.2) is 0 Å². The highest BCUT2D eigenvalue weighted by molar-refractivity contribution is 7.89. The molecule has 3 heterocycles. The largest absolute Gasteiger partial charge is 0.285 e. The Kier molecular flexibility index (Phi) is 4.67. The van der Waals surface area contributed by atoms with E-state index < -0.39 is 10.0 Å². The van der Waals surface area contributed by atoms with Crippen molar-refractivity contribution in [2.75, 3.05) is 6.54 Å². The SMILES string of the molecule is C[C@@H]1C[C@@H](Cn2ncc3cc(-c4cn[nH]c4)ccc32)CN1S(=O)(=O)c1ccccc1. The molecule has 0 bridgehead atoms. The van der Waals surface area contributed by atoms with Crippen LogP contribution in [0, 0.1) is 5.92 Å². The molecular weight excluding hydrogens is 398 g/mol. The van der Waals surface area contributed by atoms with Crippen molar-refractivity contribution in [2.45, 2.75) is 30.8 Å². The molecule has 5 rings (SSSR count). The lowest BCUT2D eigenvalue weighted by molar-refractivity contribution is 0.396. The predicted molar refractivity (Wildman–Crippen MR) is 115 cm³/mol. The molecule has 0 spiro atoms. The Balaban J connectivity index is 1.36. The molecule has 2 aromatic carbocycles. The number of hydrogen-bond donors (Lipinski definition) is 1. The van der Waals surface area contributed by atoms with Crippen LogP contribution in [0.15, 0.2) is 72.0 Å². The summed E-state index contributed by atoms with van der Waals surface area (Å²) >= 11 is 0. The standard InChI is InChI=1S/C22H23N5O2S/c1-16-9-17(15-27(16)30(28,29)21-5-3-2-4-6-21)14-26-22-8-7-18(10-19(22)13-25-26)20-11-23-24-12-20/h2-8,10-13,16-17H,9,14-15H2,1H3,(H,23,24)/t16-,17+/m1/s1. The van der Waals surface area contributed by atoms with Crippen molar-refractivity contribution in [1.82, 2.24) is 24.3 Å². The van der Waals surface area contributed by atoms with Crippen LogP contribution in [-0.2, 0) is 16.6 Å². The number of aromatic amines is 1. The number of rotatable bonds is 5. The first-order chi connectivity index (χ1) is 14.5. The Morgan fingerprint density at radius 3 is 2.70 bits per heavy atom. The summed E-state index contributed by atoms with van der Waals surface area (Å²) in [6.45, 7) is 3.19. The number of hydrogen-bond acceptors (Lipinski definition) is 4. The van der Waals surface area contributed by atoms with Gasteiger partial charge in [-0.15, -0.1) is 0 Å². The number of sulfonamides is 1. The first-order valence-corrected chi connectivity index (χ1v) is 11.5. The fraction of sp³-hybridized carbons (Fsp3) is 0.273. The molecule has 1 aliphatic rings. The molecular formula is C22H23N5O2S. The molecule has 0 aliphatic carbocycles. The van der Waals surface area contributed by atoms with E-state index in [4.69, 9.17) is 0 Å². The Morgan fingerprint density at radius 1 is 1.10 bits per heavy atom. The highest BCUT2D eigenvalue weighted by Gasteiger charge is 2.38. The predicted octanol–water partition coefficient (Wildman–Crippen LogP) is 3.53. The van der Waals surface area contributed by atoms with E-state index in [-0.39, 0.29) is 12.0 Å². The molecule has 30 heavy (non-hydrogen) atoms. The van der Waals surface area contributed by atoms with Crippen LogP contribution in [-0.4, -0.2) is 45.3 Å². The van der Waals surface area contributed by atoms with Gasteiger partial charge in [-0.2, -0.15) is 14.5 Å². The summed E-state index contributed by atoms with van der Waals surface area (Å²) in [5.41, 5.74) is 3.18. The maximum Gasteiger partial charge on any atom is 0.243 e. The molecule has 0 saturated carbocycles. The van der Waals surface area contributed by atoms with Crippen molar-refractivity contribution in [3.05, 3.63) is 67.1 Å². The molecule has 0 amide bonds. The molecule has 7 nitrogen and oxygen atoms in total. The van der Waals surface area contributed by atoms with Crippen LogP contribution in [0.3, 0.4) is 0 Å². The quantitative estimate of drug-likeness (QED) is 0.534. The third kappa shape index (κ3) is 3.32. The van der Waals surface area contributed by atoms with Crippen LogP contribution in [0.5, 0.6) is 0 Å². The highest BCUT2D eigenvalue weighted by atomic mass is 32.2. The normalized spacial score (nSPS) is 20.2. The van der Waals surface area contributed by atoms with Crippen molar-refractivity contribution >= 4 is 20.9 Å². The lowest BCUT2D eigenvalue weighted by Crippen LogP contribution is -2.34. The third-order valence-corrected chi connectivity index (χ3v) is 7.85. The van der Waals surface area contributed by atoms with Gasteiger partial charge in [0.1, 0.15) is 0 Å². The molecule has 4 aromatic rings. The summed E-state index contributed by atoms with van der Waals surface area (Å²) in [4.78, 5) is 0.355. The Bertz CT molecular complexity index is 1270. The maximum absolute atomic E-state index is 13.1. The summed E-state index contributed by atoms with van der Waals surface area (Å²) < 4.78 is 29.7. The minimum Gasteiger partial charge on any atom is -0.285 e. The smallest absolute Gasteiger partial charge is 0.243 e. The molecule has 1 saturated heterocycles. The Morgan fingerprint density at radius 2 is 1.93 bits per heavy atom. The second kappa shape index (κ2) is 7.37. The average molecular weight is 422 g/mol. The number of benzene rings is 2. The fourth-order valence-electron chi connectivity index (χ4n) is 4.37. The van der Waals surface area contributed by atoms with Crippen molar-refractivity contribution < 1.29 is 8.42 Å². The lowest BCUT2D eigenvalue weighted by atomic mass is 10.1. The monoisotopic (exact) mass is 421 g/mol. The van der Waals surface area contributed by atoms with Gasteiger partial charge in [-0.3, -0.25) is 9.78 Å². The van der Waals surface area contributed by atoms with E-state index >= 15 is 0 Å². The van der Waals surface area contributed by atoms with E-state index in [2.05, 4.69) is 33.5 Å². The van der Waals surface area contributed by atoms with Crippen molar-refractivity contribution in [1.29, 1.82) is 0 Å². The average Bonchev–Trinajstić information content (AvgIpc) is 3.49. The van der Waals surface area contributed by atoms with E-state index in [1.165, 1.54) is 0 Å². The van der Waals surface area contributed by atoms with E-state index in [1.54, 1.807) is 34.8 Å². The summed E-state index contributed by atoms with van der Waals surface area (Å²) in [7, 11) is -3.48. The highest BCUT2D eigenvalue weighted by Crippen LogP contribution is 2.31. The van der Waals surface area contributed by atoms with Gasteiger partial charge in [0, 0.05) is 36.3 Å². The van der Waals surface area contributed by atoms with E-state index in [9.17, 15) is 8.42 Å². The number of fused-ring (bicyclic) bond motifs is 1. The molecule has 8 heteroatoms. The summed E-state index contributed by atoms with van der Waals surface area (Å²) in [5.74, 6) is 0.218. The lowest BCUT2D eigenvalue weighted by Gasteiger charge is -2.21. The number of aromatic nitrogens is 4. The zero-order chi connectivity index (χ0) is 20.7. The molecule has 154 valence electrons. The number of nitrogens with zero attached hydrogens (tertiary/aromatic N) is 4. The molecule has 2 atom stereocenters. The summed E-state index contributed by atoms with van der Waals surface area (Å²) in [6, 6.07) is 14.9. The second-order valence-electron chi connectivity index (χ2n) is 7.93. The van der Waals surface area contributed by atoms with E-state index in [1.807, 2.05) is 30.1 Å². The molecule has 2 aromatic heterocycles. The molecule has 0 unspecified atom stereocenters. The first kappa shape index (κ1) is 19.0. The number of nitrogens with one attached hydrogen (secondary N) is 1. The summed E-state index contributed by atoms with van der Waals surface area (Å²) in [6.07, 6.45) is 6.36. The number of H-pyrrole nitrogens is 1. The van der Waals surface area contributed by atoms with Crippen molar-refractivity contribution in [3.63, 3.8) is 0 Å².